The molecule has 0 aromatic carbocycles. The van der Waals surface area contributed by atoms with E-state index in [1.54, 1.807) is 23.1 Å². The van der Waals surface area contributed by atoms with Crippen LogP contribution in [0.5, 0.6) is 0 Å². The Morgan fingerprint density at radius 2 is 2.62 bits per heavy atom. The van der Waals surface area contributed by atoms with Crippen LogP contribution in [0.25, 0.3) is 0 Å². The molecule has 1 aromatic heterocycles. The molecular weight excluding hydrogens is 160 g/mol. The molecule has 0 saturated carbocycles. The molecule has 0 saturated heterocycles. The molecule has 0 spiro atoms. The summed E-state index contributed by atoms with van der Waals surface area (Å²) >= 11 is 8.85. The summed E-state index contributed by atoms with van der Waals surface area (Å²) in [5.74, 6) is 0. The minimum Gasteiger partial charge on any atom is -0.137 e. The first-order chi connectivity index (χ1) is 3.93. The molecule has 8 heavy (non-hydrogen) atoms. The third-order valence-corrected chi connectivity index (χ3v) is 2.85. The molecule has 0 unspecified atom stereocenters. The van der Waals surface area contributed by atoms with Gasteiger partial charge in [0.2, 0.25) is 0 Å². The zero-order valence-electron chi connectivity index (χ0n) is 4.13. The fourth-order valence-electron chi connectivity index (χ4n) is 0.399. The predicted octanol–water partition coefficient (Wildman–Crippen LogP) is 3.04. The second-order valence-electron chi connectivity index (χ2n) is 1.19. The number of halogens is 1. The zero-order chi connectivity index (χ0) is 5.82. The van der Waals surface area contributed by atoms with Gasteiger partial charge in [-0.3, -0.25) is 0 Å². The molecule has 0 nitrogen and oxygen atoms in total. The van der Waals surface area contributed by atoms with E-state index in [0.29, 0.717) is 5.21 Å². The van der Waals surface area contributed by atoms with Crippen molar-refractivity contribution >= 4 is 34.7 Å². The normalized spacial score (nSPS) is 9.62. The fraction of sp³-hybridized carbons (Fsp3) is 0.200. The SMILES string of the molecule is ClCSc1cccs1. The topological polar surface area (TPSA) is 0 Å². The van der Waals surface area contributed by atoms with Crippen molar-refractivity contribution in [2.24, 2.45) is 0 Å². The van der Waals surface area contributed by atoms with Gasteiger partial charge in [-0.15, -0.1) is 22.9 Å². The molecule has 0 atom stereocenters. The Morgan fingerprint density at radius 3 is 3.12 bits per heavy atom. The quantitative estimate of drug-likeness (QED) is 0.479. The van der Waals surface area contributed by atoms with Crippen molar-refractivity contribution in [3.05, 3.63) is 17.5 Å². The van der Waals surface area contributed by atoms with E-state index in [0.717, 1.165) is 0 Å². The van der Waals surface area contributed by atoms with Crippen molar-refractivity contribution in [1.29, 1.82) is 0 Å². The molecule has 0 bridgehead atoms. The van der Waals surface area contributed by atoms with Crippen molar-refractivity contribution < 1.29 is 0 Å². The van der Waals surface area contributed by atoms with Crippen molar-refractivity contribution in [3.63, 3.8) is 0 Å². The summed E-state index contributed by atoms with van der Waals surface area (Å²) in [6.07, 6.45) is 0. The second-order valence-corrected chi connectivity index (χ2v) is 3.99. The number of hydrogen-bond acceptors (Lipinski definition) is 2. The second kappa shape index (κ2) is 3.38. The van der Waals surface area contributed by atoms with Gasteiger partial charge in [-0.05, 0) is 11.4 Å². The first-order valence-corrected chi connectivity index (χ1v) is 4.56. The van der Waals surface area contributed by atoms with Crippen LogP contribution in [0.2, 0.25) is 0 Å². The standard InChI is InChI=1S/C5H5ClS2/c6-4-8-5-2-1-3-7-5/h1-3H,4H2. The Kier molecular flexibility index (Phi) is 2.73. The van der Waals surface area contributed by atoms with Crippen LogP contribution in [0.3, 0.4) is 0 Å². The number of hydrogen-bond donors (Lipinski definition) is 0. The van der Waals surface area contributed by atoms with Gasteiger partial charge in [0.25, 0.3) is 0 Å². The van der Waals surface area contributed by atoms with Gasteiger partial charge >= 0.3 is 0 Å². The summed E-state index contributed by atoms with van der Waals surface area (Å²) in [6.45, 7) is 0. The first-order valence-electron chi connectivity index (χ1n) is 2.16. The van der Waals surface area contributed by atoms with Crippen molar-refractivity contribution in [1.82, 2.24) is 0 Å². The van der Waals surface area contributed by atoms with Crippen LogP contribution in [0.4, 0.5) is 0 Å². The smallest absolute Gasteiger partial charge is 0.0735 e. The molecule has 0 radical (unpaired) electrons. The van der Waals surface area contributed by atoms with Gasteiger partial charge in [0, 0.05) is 0 Å². The molecule has 1 aromatic rings. The van der Waals surface area contributed by atoms with Crippen molar-refractivity contribution in [3.8, 4) is 0 Å². The number of thiophene rings is 1. The first kappa shape index (κ1) is 6.46. The summed E-state index contributed by atoms with van der Waals surface area (Å²) in [5.41, 5.74) is 0. The van der Waals surface area contributed by atoms with Crippen LogP contribution in [-0.2, 0) is 0 Å². The van der Waals surface area contributed by atoms with E-state index in [-0.39, 0.29) is 0 Å². The number of rotatable bonds is 2. The minimum atomic E-state index is 0.653. The Bertz CT molecular complexity index is 136. The maximum Gasteiger partial charge on any atom is 0.0735 e. The van der Waals surface area contributed by atoms with Crippen LogP contribution < -0.4 is 0 Å². The van der Waals surface area contributed by atoms with Gasteiger partial charge < -0.3 is 0 Å². The van der Waals surface area contributed by atoms with E-state index in [1.807, 2.05) is 6.07 Å². The summed E-state index contributed by atoms with van der Waals surface area (Å²) in [4.78, 5) is 0. The third kappa shape index (κ3) is 1.69. The Balaban J connectivity index is 2.50. The molecule has 0 fully saturated rings. The van der Waals surface area contributed by atoms with E-state index in [4.69, 9.17) is 11.6 Å². The molecular formula is C5H5ClS2. The summed E-state index contributed by atoms with van der Waals surface area (Å²) in [6, 6.07) is 4.09. The number of thioether (sulfide) groups is 1. The molecule has 1 rings (SSSR count). The van der Waals surface area contributed by atoms with E-state index in [9.17, 15) is 0 Å². The molecule has 0 aliphatic rings. The highest BCUT2D eigenvalue weighted by molar-refractivity contribution is 8.02. The fourth-order valence-corrected chi connectivity index (χ4v) is 2.29. The van der Waals surface area contributed by atoms with E-state index >= 15 is 0 Å². The lowest BCUT2D eigenvalue weighted by atomic mass is 10.7. The maximum atomic E-state index is 5.46. The van der Waals surface area contributed by atoms with Gasteiger partial charge in [-0.1, -0.05) is 17.8 Å². The molecule has 44 valence electrons. The molecule has 1 heterocycles. The van der Waals surface area contributed by atoms with Gasteiger partial charge in [0.15, 0.2) is 0 Å². The van der Waals surface area contributed by atoms with Crippen molar-refractivity contribution in [2.75, 3.05) is 5.21 Å². The minimum absolute atomic E-state index is 0.653. The lowest BCUT2D eigenvalue weighted by Crippen LogP contribution is -1.55. The zero-order valence-corrected chi connectivity index (χ0v) is 6.52. The molecule has 3 heteroatoms. The van der Waals surface area contributed by atoms with Crippen molar-refractivity contribution in [2.45, 2.75) is 4.21 Å². The van der Waals surface area contributed by atoms with Gasteiger partial charge in [0.1, 0.15) is 0 Å². The Morgan fingerprint density at radius 1 is 1.75 bits per heavy atom. The maximum absolute atomic E-state index is 5.46. The predicted molar refractivity (Wildman–Crippen MR) is 40.9 cm³/mol. The van der Waals surface area contributed by atoms with Crippen LogP contribution in [0, 0.1) is 0 Å². The number of alkyl halides is 1. The van der Waals surface area contributed by atoms with Gasteiger partial charge in [-0.25, -0.2) is 0 Å². The van der Waals surface area contributed by atoms with Crippen LogP contribution in [-0.4, -0.2) is 5.21 Å². The summed E-state index contributed by atoms with van der Waals surface area (Å²) in [5, 5.41) is 2.70. The Hall–Kier alpha value is 0.340. The Labute approximate surface area is 61.9 Å². The monoisotopic (exact) mass is 164 g/mol. The van der Waals surface area contributed by atoms with Gasteiger partial charge in [0.05, 0.1) is 9.42 Å². The highest BCUT2D eigenvalue weighted by Gasteiger charge is 1.88. The molecule has 0 aliphatic heterocycles. The van der Waals surface area contributed by atoms with Crippen LogP contribution >= 0.6 is 34.7 Å². The van der Waals surface area contributed by atoms with E-state index in [1.165, 1.54) is 4.21 Å². The summed E-state index contributed by atoms with van der Waals surface area (Å²) in [7, 11) is 0. The van der Waals surface area contributed by atoms with E-state index in [2.05, 4.69) is 11.4 Å². The highest BCUT2D eigenvalue weighted by Crippen LogP contribution is 2.23. The average Bonchev–Trinajstić information content (AvgIpc) is 2.19. The molecule has 0 amide bonds. The molecule has 0 aliphatic carbocycles. The van der Waals surface area contributed by atoms with Gasteiger partial charge in [-0.2, -0.15) is 0 Å². The third-order valence-electron chi connectivity index (χ3n) is 0.692. The summed E-state index contributed by atoms with van der Waals surface area (Å²) < 4.78 is 1.29. The largest absolute Gasteiger partial charge is 0.137 e. The lowest BCUT2D eigenvalue weighted by molar-refractivity contribution is 1.74. The van der Waals surface area contributed by atoms with E-state index < -0.39 is 0 Å². The lowest BCUT2D eigenvalue weighted by Gasteiger charge is -1.84. The van der Waals surface area contributed by atoms with Crippen LogP contribution in [0.1, 0.15) is 0 Å². The molecule has 0 N–H and O–H groups in total. The average molecular weight is 165 g/mol. The highest BCUT2D eigenvalue weighted by atomic mass is 35.5. The van der Waals surface area contributed by atoms with Crippen LogP contribution in [0.15, 0.2) is 21.7 Å².